The Bertz CT molecular complexity index is 880. The summed E-state index contributed by atoms with van der Waals surface area (Å²) < 4.78 is 7.52. The average molecular weight is 506 g/mol. The average Bonchev–Trinajstić information content (AvgIpc) is 3.15. The van der Waals surface area contributed by atoms with E-state index in [-0.39, 0.29) is 24.0 Å². The SMILES string of the molecule is CCNC(=NCc1ccc(COc2ccccc2)cc1)NCc1ncnn1C.I. The molecule has 3 aromatic rings. The molecule has 0 fully saturated rings. The predicted molar refractivity (Wildman–Crippen MR) is 125 cm³/mol. The van der Waals surface area contributed by atoms with Crippen LogP contribution in [0.1, 0.15) is 23.9 Å². The van der Waals surface area contributed by atoms with Crippen molar-refractivity contribution in [3.05, 3.63) is 77.9 Å². The minimum atomic E-state index is 0. The third-order valence-corrected chi connectivity index (χ3v) is 4.15. The standard InChI is InChI=1S/C21H26N6O.HI/c1-3-22-21(24-14-20-25-16-26-27(20)2)23-13-17-9-11-18(12-10-17)15-28-19-7-5-4-6-8-19;/h4-12,16H,3,13-15H2,1-2H3,(H2,22,23,24);1H. The molecule has 2 aromatic carbocycles. The lowest BCUT2D eigenvalue weighted by Gasteiger charge is -2.11. The van der Waals surface area contributed by atoms with Crippen molar-refractivity contribution in [3.63, 3.8) is 0 Å². The number of ether oxygens (including phenoxy) is 1. The number of halogens is 1. The molecular formula is C21H27IN6O. The molecule has 1 heterocycles. The quantitative estimate of drug-likeness (QED) is 0.279. The Morgan fingerprint density at radius 1 is 1.03 bits per heavy atom. The highest BCUT2D eigenvalue weighted by atomic mass is 127. The number of nitrogens with one attached hydrogen (secondary N) is 2. The lowest BCUT2D eigenvalue weighted by Crippen LogP contribution is -2.37. The molecule has 0 aliphatic carbocycles. The summed E-state index contributed by atoms with van der Waals surface area (Å²) in [6.45, 7) is 4.54. The van der Waals surface area contributed by atoms with Crippen LogP contribution in [-0.4, -0.2) is 27.3 Å². The summed E-state index contributed by atoms with van der Waals surface area (Å²) in [5.41, 5.74) is 2.27. The Morgan fingerprint density at radius 3 is 2.41 bits per heavy atom. The molecule has 154 valence electrons. The first kappa shape index (κ1) is 22.7. The summed E-state index contributed by atoms with van der Waals surface area (Å²) in [7, 11) is 1.87. The lowest BCUT2D eigenvalue weighted by molar-refractivity contribution is 0.306. The Morgan fingerprint density at radius 2 is 1.76 bits per heavy atom. The molecule has 7 nitrogen and oxygen atoms in total. The summed E-state index contributed by atoms with van der Waals surface area (Å²) in [6, 6.07) is 18.2. The summed E-state index contributed by atoms with van der Waals surface area (Å²) >= 11 is 0. The molecule has 8 heteroatoms. The molecule has 2 N–H and O–H groups in total. The Balaban J connectivity index is 0.00000300. The molecule has 1 aromatic heterocycles. The van der Waals surface area contributed by atoms with Gasteiger partial charge in [0.2, 0.25) is 0 Å². The molecule has 0 radical (unpaired) electrons. The molecule has 3 rings (SSSR count). The fourth-order valence-corrected chi connectivity index (χ4v) is 2.58. The van der Waals surface area contributed by atoms with Crippen LogP contribution in [0.3, 0.4) is 0 Å². The minimum Gasteiger partial charge on any atom is -0.489 e. The van der Waals surface area contributed by atoms with Gasteiger partial charge in [0.05, 0.1) is 13.1 Å². The number of nitrogens with zero attached hydrogens (tertiary/aromatic N) is 4. The maximum Gasteiger partial charge on any atom is 0.191 e. The first-order valence-corrected chi connectivity index (χ1v) is 9.35. The molecule has 0 aliphatic rings. The molecule has 0 bridgehead atoms. The van der Waals surface area contributed by atoms with Gasteiger partial charge in [-0.05, 0) is 30.2 Å². The largest absolute Gasteiger partial charge is 0.489 e. The molecule has 0 aliphatic heterocycles. The Hall–Kier alpha value is -2.62. The van der Waals surface area contributed by atoms with Crippen LogP contribution in [0.15, 0.2) is 65.9 Å². The van der Waals surface area contributed by atoms with Crippen LogP contribution >= 0.6 is 24.0 Å². The molecular weight excluding hydrogens is 479 g/mol. The van der Waals surface area contributed by atoms with Crippen molar-refractivity contribution in [3.8, 4) is 5.75 Å². The van der Waals surface area contributed by atoms with Gasteiger partial charge in [0, 0.05) is 13.6 Å². The van der Waals surface area contributed by atoms with Crippen LogP contribution in [0, 0.1) is 0 Å². The number of aryl methyl sites for hydroxylation is 1. The molecule has 0 amide bonds. The van der Waals surface area contributed by atoms with Crippen molar-refractivity contribution in [1.29, 1.82) is 0 Å². The Labute approximate surface area is 188 Å². The second kappa shape index (κ2) is 12.1. The smallest absolute Gasteiger partial charge is 0.191 e. The summed E-state index contributed by atoms with van der Waals surface area (Å²) in [6.07, 6.45) is 1.55. The van der Waals surface area contributed by atoms with Gasteiger partial charge in [0.25, 0.3) is 0 Å². The molecule has 0 saturated heterocycles. The van der Waals surface area contributed by atoms with Crippen molar-refractivity contribution < 1.29 is 4.74 Å². The van der Waals surface area contributed by atoms with Gasteiger partial charge in [0.15, 0.2) is 5.96 Å². The van der Waals surface area contributed by atoms with Crippen molar-refractivity contribution in [1.82, 2.24) is 25.4 Å². The highest BCUT2D eigenvalue weighted by Gasteiger charge is 2.03. The van der Waals surface area contributed by atoms with Crippen LogP contribution in [0.25, 0.3) is 0 Å². The van der Waals surface area contributed by atoms with Crippen molar-refractivity contribution in [2.75, 3.05) is 6.54 Å². The number of rotatable bonds is 8. The number of hydrogen-bond acceptors (Lipinski definition) is 4. The zero-order valence-corrected chi connectivity index (χ0v) is 19.0. The van der Waals surface area contributed by atoms with Crippen molar-refractivity contribution in [2.24, 2.45) is 12.0 Å². The molecule has 0 unspecified atom stereocenters. The molecule has 29 heavy (non-hydrogen) atoms. The fraction of sp³-hybridized carbons (Fsp3) is 0.286. The van der Waals surface area contributed by atoms with Gasteiger partial charge in [-0.1, -0.05) is 42.5 Å². The number of aromatic nitrogens is 3. The number of para-hydroxylation sites is 1. The normalized spacial score (nSPS) is 10.9. The van der Waals surface area contributed by atoms with E-state index in [0.29, 0.717) is 19.7 Å². The molecule has 0 saturated carbocycles. The van der Waals surface area contributed by atoms with E-state index in [0.717, 1.165) is 35.2 Å². The molecule has 0 atom stereocenters. The van der Waals surface area contributed by atoms with E-state index in [9.17, 15) is 0 Å². The number of benzene rings is 2. The summed E-state index contributed by atoms with van der Waals surface area (Å²) in [4.78, 5) is 8.85. The number of guanidine groups is 1. The van der Waals surface area contributed by atoms with E-state index >= 15 is 0 Å². The predicted octanol–water partition coefficient (Wildman–Crippen LogP) is 3.27. The highest BCUT2D eigenvalue weighted by molar-refractivity contribution is 14.0. The van der Waals surface area contributed by atoms with Gasteiger partial charge in [-0.15, -0.1) is 24.0 Å². The van der Waals surface area contributed by atoms with Crippen molar-refractivity contribution >= 4 is 29.9 Å². The summed E-state index contributed by atoms with van der Waals surface area (Å²) in [5.74, 6) is 2.48. The van der Waals surface area contributed by atoms with Crippen LogP contribution in [0.2, 0.25) is 0 Å². The van der Waals surface area contributed by atoms with Gasteiger partial charge in [0.1, 0.15) is 24.5 Å². The lowest BCUT2D eigenvalue weighted by atomic mass is 10.1. The fourth-order valence-electron chi connectivity index (χ4n) is 2.58. The van der Waals surface area contributed by atoms with Gasteiger partial charge >= 0.3 is 0 Å². The van der Waals surface area contributed by atoms with Gasteiger partial charge in [-0.3, -0.25) is 4.68 Å². The van der Waals surface area contributed by atoms with Crippen molar-refractivity contribution in [2.45, 2.75) is 26.6 Å². The van der Waals surface area contributed by atoms with Gasteiger partial charge < -0.3 is 15.4 Å². The highest BCUT2D eigenvalue weighted by Crippen LogP contribution is 2.12. The van der Waals surface area contributed by atoms with E-state index < -0.39 is 0 Å². The third kappa shape index (κ3) is 7.37. The number of hydrogen-bond donors (Lipinski definition) is 2. The first-order chi connectivity index (χ1) is 13.7. The van der Waals surface area contributed by atoms with Crippen LogP contribution in [0.4, 0.5) is 0 Å². The van der Waals surface area contributed by atoms with E-state index in [1.807, 2.05) is 44.3 Å². The van der Waals surface area contributed by atoms with Crippen LogP contribution < -0.4 is 15.4 Å². The minimum absolute atomic E-state index is 0. The second-order valence-corrected chi connectivity index (χ2v) is 6.27. The third-order valence-electron chi connectivity index (χ3n) is 4.15. The van der Waals surface area contributed by atoms with E-state index in [4.69, 9.17) is 4.74 Å². The maximum atomic E-state index is 5.78. The zero-order chi connectivity index (χ0) is 19.6. The van der Waals surface area contributed by atoms with E-state index in [1.165, 1.54) is 0 Å². The van der Waals surface area contributed by atoms with Gasteiger partial charge in [-0.25, -0.2) is 9.98 Å². The van der Waals surface area contributed by atoms with Crippen LogP contribution in [-0.2, 0) is 26.7 Å². The topological polar surface area (TPSA) is 76.4 Å². The van der Waals surface area contributed by atoms with E-state index in [2.05, 4.69) is 50.0 Å². The van der Waals surface area contributed by atoms with Gasteiger partial charge in [-0.2, -0.15) is 5.10 Å². The van der Waals surface area contributed by atoms with Crippen LogP contribution in [0.5, 0.6) is 5.75 Å². The van der Waals surface area contributed by atoms with E-state index in [1.54, 1.807) is 11.0 Å². The Kier molecular flexibility index (Phi) is 9.42. The maximum absolute atomic E-state index is 5.78. The first-order valence-electron chi connectivity index (χ1n) is 9.35. The summed E-state index contributed by atoms with van der Waals surface area (Å²) in [5, 5.41) is 10.6. The monoisotopic (exact) mass is 506 g/mol. The zero-order valence-electron chi connectivity index (χ0n) is 16.7. The second-order valence-electron chi connectivity index (χ2n) is 6.27. The number of aliphatic imine (C=N–C) groups is 1. The molecule has 0 spiro atoms.